The fourth-order valence-corrected chi connectivity index (χ4v) is 4.20. The lowest BCUT2D eigenvalue weighted by Crippen LogP contribution is -2.28. The molecule has 0 atom stereocenters. The van der Waals surface area contributed by atoms with Gasteiger partial charge in [-0.05, 0) is 61.9 Å². The number of fused-ring (bicyclic) bond motifs is 1. The minimum atomic E-state index is -0.302. The van der Waals surface area contributed by atoms with Crippen LogP contribution in [0.25, 0.3) is 22.6 Å². The molecular weight excluding hydrogens is 492 g/mol. The topological polar surface area (TPSA) is 103 Å². The highest BCUT2D eigenvalue weighted by Crippen LogP contribution is 2.24. The SMILES string of the molecule is Cc1nc2c(OCC(=O)NCc3cccnc3)cccn2c(=O)c1-c1cc(C)n(-c2cccc(Cl)c2)n1. The summed E-state index contributed by atoms with van der Waals surface area (Å²) in [5, 5.41) is 8.04. The van der Waals surface area contributed by atoms with Crippen molar-refractivity contribution in [1.82, 2.24) is 29.5 Å². The monoisotopic (exact) mass is 514 g/mol. The fourth-order valence-electron chi connectivity index (χ4n) is 4.01. The van der Waals surface area contributed by atoms with E-state index in [1.807, 2.05) is 31.2 Å². The van der Waals surface area contributed by atoms with E-state index < -0.39 is 0 Å². The second-order valence-electron chi connectivity index (χ2n) is 8.43. The predicted molar refractivity (Wildman–Crippen MR) is 140 cm³/mol. The van der Waals surface area contributed by atoms with Crippen LogP contribution in [0.5, 0.6) is 5.75 Å². The van der Waals surface area contributed by atoms with Crippen molar-refractivity contribution in [2.24, 2.45) is 0 Å². The Morgan fingerprint density at radius 3 is 2.76 bits per heavy atom. The molecule has 1 N–H and O–H groups in total. The number of halogens is 1. The van der Waals surface area contributed by atoms with Gasteiger partial charge in [-0.25, -0.2) is 9.67 Å². The largest absolute Gasteiger partial charge is 0.480 e. The quantitative estimate of drug-likeness (QED) is 0.353. The number of aryl methyl sites for hydroxylation is 2. The molecule has 5 aromatic rings. The van der Waals surface area contributed by atoms with Crippen molar-refractivity contribution in [2.75, 3.05) is 6.61 Å². The minimum absolute atomic E-state index is 0.222. The Hall–Kier alpha value is -4.50. The molecule has 0 saturated carbocycles. The first kappa shape index (κ1) is 24.2. The molecule has 0 unspecified atom stereocenters. The molecule has 0 bridgehead atoms. The van der Waals surface area contributed by atoms with E-state index in [4.69, 9.17) is 16.3 Å². The van der Waals surface area contributed by atoms with Crippen LogP contribution in [-0.4, -0.2) is 36.7 Å². The highest BCUT2D eigenvalue weighted by Gasteiger charge is 2.19. The Labute approximate surface area is 217 Å². The fraction of sp³-hybridized carbons (Fsp3) is 0.148. The van der Waals surface area contributed by atoms with Crippen LogP contribution in [0, 0.1) is 13.8 Å². The Morgan fingerprint density at radius 2 is 1.97 bits per heavy atom. The molecule has 0 spiro atoms. The number of pyridine rings is 2. The summed E-state index contributed by atoms with van der Waals surface area (Å²) < 4.78 is 8.87. The lowest BCUT2D eigenvalue weighted by Gasteiger charge is -2.12. The van der Waals surface area contributed by atoms with E-state index in [0.29, 0.717) is 39.9 Å². The molecule has 37 heavy (non-hydrogen) atoms. The smallest absolute Gasteiger partial charge is 0.267 e. The van der Waals surface area contributed by atoms with Crippen LogP contribution in [-0.2, 0) is 11.3 Å². The molecule has 0 aliphatic carbocycles. The number of rotatable bonds is 7. The Bertz CT molecular complexity index is 1660. The zero-order valence-corrected chi connectivity index (χ0v) is 20.9. The highest BCUT2D eigenvalue weighted by molar-refractivity contribution is 6.30. The molecule has 4 aromatic heterocycles. The van der Waals surface area contributed by atoms with Crippen LogP contribution in [0.2, 0.25) is 5.02 Å². The van der Waals surface area contributed by atoms with Gasteiger partial charge < -0.3 is 10.1 Å². The normalized spacial score (nSPS) is 11.0. The summed E-state index contributed by atoms with van der Waals surface area (Å²) in [4.78, 5) is 34.5. The van der Waals surface area contributed by atoms with Gasteiger partial charge in [-0.15, -0.1) is 0 Å². The molecule has 1 amide bonds. The number of benzene rings is 1. The number of nitrogens with zero attached hydrogens (tertiary/aromatic N) is 5. The number of hydrogen-bond donors (Lipinski definition) is 1. The van der Waals surface area contributed by atoms with Crippen LogP contribution in [0.1, 0.15) is 17.0 Å². The van der Waals surface area contributed by atoms with Crippen LogP contribution in [0.15, 0.2) is 78.0 Å². The van der Waals surface area contributed by atoms with E-state index in [1.54, 1.807) is 60.5 Å². The maximum absolute atomic E-state index is 13.5. The average molecular weight is 515 g/mol. The summed E-state index contributed by atoms with van der Waals surface area (Å²) in [5.41, 5.74) is 3.93. The number of amides is 1. The Morgan fingerprint density at radius 1 is 1.11 bits per heavy atom. The van der Waals surface area contributed by atoms with Gasteiger partial charge in [0.2, 0.25) is 0 Å². The molecule has 186 valence electrons. The second kappa shape index (κ2) is 10.2. The molecule has 0 saturated heterocycles. The number of nitrogens with one attached hydrogen (secondary N) is 1. The van der Waals surface area contributed by atoms with Crippen molar-refractivity contribution in [2.45, 2.75) is 20.4 Å². The Kier molecular flexibility index (Phi) is 6.70. The van der Waals surface area contributed by atoms with E-state index >= 15 is 0 Å². The summed E-state index contributed by atoms with van der Waals surface area (Å²) in [5.74, 6) is 0.0231. The van der Waals surface area contributed by atoms with Crippen molar-refractivity contribution in [3.63, 3.8) is 0 Å². The molecule has 9 nitrogen and oxygen atoms in total. The molecule has 10 heteroatoms. The van der Waals surface area contributed by atoms with Gasteiger partial charge in [0.05, 0.1) is 16.9 Å². The molecular formula is C27H23ClN6O3. The number of aromatic nitrogens is 5. The van der Waals surface area contributed by atoms with Crippen LogP contribution in [0.4, 0.5) is 0 Å². The van der Waals surface area contributed by atoms with E-state index in [0.717, 1.165) is 16.9 Å². The van der Waals surface area contributed by atoms with Gasteiger partial charge in [-0.3, -0.25) is 19.0 Å². The van der Waals surface area contributed by atoms with E-state index in [1.165, 1.54) is 4.40 Å². The molecule has 0 aliphatic heterocycles. The first-order valence-electron chi connectivity index (χ1n) is 11.5. The van der Waals surface area contributed by atoms with Crippen molar-refractivity contribution in [3.8, 4) is 22.7 Å². The third-order valence-corrected chi connectivity index (χ3v) is 6.00. The lowest BCUT2D eigenvalue weighted by atomic mass is 10.1. The van der Waals surface area contributed by atoms with Crippen LogP contribution < -0.4 is 15.6 Å². The third kappa shape index (κ3) is 5.07. The zero-order chi connectivity index (χ0) is 25.9. The molecule has 0 radical (unpaired) electrons. The van der Waals surface area contributed by atoms with Crippen LogP contribution in [0.3, 0.4) is 0 Å². The first-order chi connectivity index (χ1) is 17.9. The third-order valence-electron chi connectivity index (χ3n) is 5.77. The van der Waals surface area contributed by atoms with Crippen molar-refractivity contribution in [1.29, 1.82) is 0 Å². The zero-order valence-electron chi connectivity index (χ0n) is 20.2. The van der Waals surface area contributed by atoms with Gasteiger partial charge in [-0.1, -0.05) is 23.7 Å². The number of ether oxygens (including phenoxy) is 1. The summed E-state index contributed by atoms with van der Waals surface area (Å²) >= 11 is 6.15. The number of carbonyl (C=O) groups excluding carboxylic acids is 1. The standard InChI is InChI=1S/C27H23ClN6O3/c1-17-12-22(32-34(17)21-8-3-7-20(28)13-21)25-18(2)31-26-23(9-5-11-33(26)27(25)36)37-16-24(35)30-15-19-6-4-10-29-14-19/h3-14H,15-16H2,1-2H3,(H,30,35). The minimum Gasteiger partial charge on any atom is -0.480 e. The summed E-state index contributed by atoms with van der Waals surface area (Å²) in [7, 11) is 0. The predicted octanol–water partition coefficient (Wildman–Crippen LogP) is 3.91. The van der Waals surface area contributed by atoms with Gasteiger partial charge >= 0.3 is 0 Å². The molecule has 0 aliphatic rings. The van der Waals surface area contributed by atoms with Crippen molar-refractivity contribution in [3.05, 3.63) is 106 Å². The maximum atomic E-state index is 13.5. The van der Waals surface area contributed by atoms with Crippen molar-refractivity contribution < 1.29 is 9.53 Å². The van der Waals surface area contributed by atoms with E-state index in [9.17, 15) is 9.59 Å². The first-order valence-corrected chi connectivity index (χ1v) is 11.9. The summed E-state index contributed by atoms with van der Waals surface area (Å²) in [6.07, 6.45) is 4.97. The lowest BCUT2D eigenvalue weighted by molar-refractivity contribution is -0.123. The van der Waals surface area contributed by atoms with Gasteiger partial charge in [-0.2, -0.15) is 5.10 Å². The maximum Gasteiger partial charge on any atom is 0.267 e. The molecule has 0 fully saturated rings. The van der Waals surface area contributed by atoms with Gasteiger partial charge in [0.25, 0.3) is 11.5 Å². The summed E-state index contributed by atoms with van der Waals surface area (Å²) in [6.45, 7) is 3.78. The Balaban J connectivity index is 1.41. The highest BCUT2D eigenvalue weighted by atomic mass is 35.5. The van der Waals surface area contributed by atoms with Gasteiger partial charge in [0, 0.05) is 35.9 Å². The molecule has 5 rings (SSSR count). The van der Waals surface area contributed by atoms with E-state index in [2.05, 4.69) is 20.4 Å². The average Bonchev–Trinajstić information content (AvgIpc) is 3.28. The number of carbonyl (C=O) groups is 1. The number of hydrogen-bond acceptors (Lipinski definition) is 6. The van der Waals surface area contributed by atoms with Crippen LogP contribution >= 0.6 is 11.6 Å². The second-order valence-corrected chi connectivity index (χ2v) is 8.87. The van der Waals surface area contributed by atoms with Crippen molar-refractivity contribution >= 4 is 23.2 Å². The molecule has 4 heterocycles. The van der Waals surface area contributed by atoms with Gasteiger partial charge in [0.15, 0.2) is 18.0 Å². The summed E-state index contributed by atoms with van der Waals surface area (Å²) in [6, 6.07) is 16.2. The van der Waals surface area contributed by atoms with E-state index in [-0.39, 0.29) is 18.1 Å². The molecule has 1 aromatic carbocycles. The van der Waals surface area contributed by atoms with Gasteiger partial charge in [0.1, 0.15) is 5.69 Å².